The first kappa shape index (κ1) is 23.1. The molecule has 1 atom stereocenters. The number of benzene rings is 3. The van der Waals surface area contributed by atoms with E-state index in [1.165, 1.54) is 36.4 Å². The van der Waals surface area contributed by atoms with Gasteiger partial charge in [-0.05, 0) is 36.8 Å². The zero-order valence-corrected chi connectivity index (χ0v) is 18.0. The van der Waals surface area contributed by atoms with E-state index in [2.05, 4.69) is 15.6 Å². The highest BCUT2D eigenvalue weighted by atomic mass is 32.2. The van der Waals surface area contributed by atoms with Crippen LogP contribution in [0, 0.1) is 17.0 Å². The number of non-ortho nitro benzene ring substituents is 1. The highest BCUT2D eigenvalue weighted by molar-refractivity contribution is 7.89. The highest BCUT2D eigenvalue weighted by Gasteiger charge is 2.19. The first-order valence-corrected chi connectivity index (χ1v) is 11.2. The van der Waals surface area contributed by atoms with Gasteiger partial charge in [-0.15, -0.1) is 0 Å². The van der Waals surface area contributed by atoms with Gasteiger partial charge >= 0.3 is 0 Å². The summed E-state index contributed by atoms with van der Waals surface area (Å²) in [4.78, 5) is 22.8. The molecule has 0 spiro atoms. The predicted octanol–water partition coefficient (Wildman–Crippen LogP) is 2.86. The number of nitrogens with one attached hydrogen (secondary N) is 3. The molecule has 0 saturated carbocycles. The summed E-state index contributed by atoms with van der Waals surface area (Å²) in [5.74, 6) is -0.512. The Labute approximate surface area is 185 Å². The molecule has 3 rings (SSSR count). The maximum absolute atomic E-state index is 12.6. The van der Waals surface area contributed by atoms with Gasteiger partial charge in [0.1, 0.15) is 0 Å². The summed E-state index contributed by atoms with van der Waals surface area (Å²) in [5.41, 5.74) is 7.17. The fourth-order valence-corrected chi connectivity index (χ4v) is 3.94. The van der Waals surface area contributed by atoms with E-state index in [0.29, 0.717) is 0 Å². The smallest absolute Gasteiger partial charge is 0.269 e. The van der Waals surface area contributed by atoms with E-state index < -0.39 is 26.9 Å². The number of carbonyl (C=O) groups is 1. The van der Waals surface area contributed by atoms with Crippen molar-refractivity contribution in [2.75, 3.05) is 6.54 Å². The summed E-state index contributed by atoms with van der Waals surface area (Å²) in [6.07, 6.45) is 0. The fourth-order valence-electron chi connectivity index (χ4n) is 2.89. The molecule has 0 fully saturated rings. The minimum atomic E-state index is -3.75. The van der Waals surface area contributed by atoms with Gasteiger partial charge in [-0.3, -0.25) is 20.3 Å². The van der Waals surface area contributed by atoms with Gasteiger partial charge < -0.3 is 0 Å². The Morgan fingerprint density at radius 2 is 1.59 bits per heavy atom. The van der Waals surface area contributed by atoms with Gasteiger partial charge in [0, 0.05) is 24.2 Å². The van der Waals surface area contributed by atoms with Crippen LogP contribution in [0.2, 0.25) is 0 Å². The van der Waals surface area contributed by atoms with Crippen LogP contribution in [-0.4, -0.2) is 25.8 Å². The molecule has 0 aliphatic heterocycles. The van der Waals surface area contributed by atoms with Crippen molar-refractivity contribution in [1.82, 2.24) is 15.6 Å². The van der Waals surface area contributed by atoms with E-state index in [9.17, 15) is 23.3 Å². The Bertz CT molecular complexity index is 1180. The van der Waals surface area contributed by atoms with Crippen molar-refractivity contribution < 1.29 is 18.1 Å². The lowest BCUT2D eigenvalue weighted by atomic mass is 10.1. The Balaban J connectivity index is 1.70. The minimum absolute atomic E-state index is 0.0270. The maximum Gasteiger partial charge on any atom is 0.269 e. The number of aryl methyl sites for hydroxylation is 1. The zero-order valence-electron chi connectivity index (χ0n) is 17.2. The molecule has 1 unspecified atom stereocenters. The molecule has 10 heteroatoms. The standard InChI is InChI=1S/C22H22N4O5S/c1-16-7-13-20(14-8-16)32(30,31)23-15-21(17-5-3-2-4-6-17)24-25-22(27)18-9-11-19(12-10-18)26(28)29/h2-14,21,23-24H,15H2,1H3,(H,25,27). The lowest BCUT2D eigenvalue weighted by Gasteiger charge is -2.20. The third kappa shape index (κ3) is 5.97. The van der Waals surface area contributed by atoms with Gasteiger partial charge in [-0.1, -0.05) is 48.0 Å². The predicted molar refractivity (Wildman–Crippen MR) is 119 cm³/mol. The largest absolute Gasteiger partial charge is 0.287 e. The van der Waals surface area contributed by atoms with Crippen molar-refractivity contribution in [3.63, 3.8) is 0 Å². The van der Waals surface area contributed by atoms with Crippen molar-refractivity contribution in [2.45, 2.75) is 17.9 Å². The van der Waals surface area contributed by atoms with Crippen LogP contribution in [0.4, 0.5) is 5.69 Å². The number of hydrogen-bond acceptors (Lipinski definition) is 6. The topological polar surface area (TPSA) is 130 Å². The van der Waals surface area contributed by atoms with Crippen molar-refractivity contribution in [3.8, 4) is 0 Å². The van der Waals surface area contributed by atoms with Crippen LogP contribution in [0.3, 0.4) is 0 Å². The third-order valence-corrected chi connectivity index (χ3v) is 6.15. The van der Waals surface area contributed by atoms with Gasteiger partial charge in [0.15, 0.2) is 0 Å². The lowest BCUT2D eigenvalue weighted by molar-refractivity contribution is -0.384. The molecule has 1 amide bonds. The molecular formula is C22H22N4O5S. The van der Waals surface area contributed by atoms with Crippen molar-refractivity contribution in [3.05, 3.63) is 106 Å². The molecule has 0 bridgehead atoms. The van der Waals surface area contributed by atoms with Crippen LogP contribution in [0.25, 0.3) is 0 Å². The highest BCUT2D eigenvalue weighted by Crippen LogP contribution is 2.15. The SMILES string of the molecule is Cc1ccc(S(=O)(=O)NCC(NNC(=O)c2ccc([N+](=O)[O-])cc2)c2ccccc2)cc1. The molecular weight excluding hydrogens is 432 g/mol. The van der Waals surface area contributed by atoms with Gasteiger partial charge in [0.2, 0.25) is 10.0 Å². The molecule has 0 aromatic heterocycles. The summed E-state index contributed by atoms with van der Waals surface area (Å²) in [5, 5.41) is 10.8. The number of hydrazine groups is 1. The molecule has 3 aromatic carbocycles. The number of nitro benzene ring substituents is 1. The number of nitrogens with zero attached hydrogens (tertiary/aromatic N) is 1. The first-order chi connectivity index (χ1) is 15.3. The summed E-state index contributed by atoms with van der Waals surface area (Å²) >= 11 is 0. The average Bonchev–Trinajstić information content (AvgIpc) is 2.80. The van der Waals surface area contributed by atoms with Gasteiger partial charge in [0.25, 0.3) is 11.6 Å². The normalized spacial score (nSPS) is 12.2. The number of carbonyl (C=O) groups excluding carboxylic acids is 1. The van der Waals surface area contributed by atoms with Crippen LogP contribution in [0.5, 0.6) is 0 Å². The van der Waals surface area contributed by atoms with Crippen LogP contribution in [0.15, 0.2) is 83.8 Å². The van der Waals surface area contributed by atoms with Crippen molar-refractivity contribution in [1.29, 1.82) is 0 Å². The molecule has 3 N–H and O–H groups in total. The maximum atomic E-state index is 12.6. The van der Waals surface area contributed by atoms with Gasteiger partial charge in [-0.2, -0.15) is 0 Å². The number of hydrogen-bond donors (Lipinski definition) is 3. The Morgan fingerprint density at radius 3 is 2.19 bits per heavy atom. The van der Waals surface area contributed by atoms with Gasteiger partial charge in [0.05, 0.1) is 15.9 Å². The van der Waals surface area contributed by atoms with Gasteiger partial charge in [-0.25, -0.2) is 18.6 Å². The zero-order chi connectivity index (χ0) is 23.1. The molecule has 0 radical (unpaired) electrons. The number of amides is 1. The van der Waals surface area contributed by atoms with E-state index in [1.807, 2.05) is 13.0 Å². The minimum Gasteiger partial charge on any atom is -0.287 e. The average molecular weight is 455 g/mol. The third-order valence-electron chi connectivity index (χ3n) is 4.71. The number of rotatable bonds is 9. The van der Waals surface area contributed by atoms with Crippen LogP contribution >= 0.6 is 0 Å². The molecule has 0 saturated heterocycles. The quantitative estimate of drug-likeness (QED) is 0.337. The molecule has 166 valence electrons. The Kier molecular flexibility index (Phi) is 7.31. The number of sulfonamides is 1. The Morgan fingerprint density at radius 1 is 0.969 bits per heavy atom. The molecule has 0 aliphatic rings. The second-order valence-corrected chi connectivity index (χ2v) is 8.80. The summed E-state index contributed by atoms with van der Waals surface area (Å²) < 4.78 is 27.8. The summed E-state index contributed by atoms with van der Waals surface area (Å²) in [6.45, 7) is 1.84. The van der Waals surface area contributed by atoms with E-state index in [4.69, 9.17) is 0 Å². The van der Waals surface area contributed by atoms with Crippen molar-refractivity contribution >= 4 is 21.6 Å². The van der Waals surface area contributed by atoms with Crippen molar-refractivity contribution in [2.24, 2.45) is 0 Å². The second-order valence-electron chi connectivity index (χ2n) is 7.03. The van der Waals surface area contributed by atoms with Crippen LogP contribution in [-0.2, 0) is 10.0 Å². The van der Waals surface area contributed by atoms with E-state index >= 15 is 0 Å². The van der Waals surface area contributed by atoms with E-state index in [-0.39, 0.29) is 22.7 Å². The Hall–Kier alpha value is -3.60. The molecule has 0 aliphatic carbocycles. The van der Waals surface area contributed by atoms with E-state index in [0.717, 1.165) is 11.1 Å². The molecule has 32 heavy (non-hydrogen) atoms. The molecule has 9 nitrogen and oxygen atoms in total. The number of nitro groups is 1. The molecule has 3 aromatic rings. The lowest BCUT2D eigenvalue weighted by Crippen LogP contribution is -2.44. The van der Waals surface area contributed by atoms with Crippen LogP contribution < -0.4 is 15.6 Å². The molecule has 0 heterocycles. The van der Waals surface area contributed by atoms with Crippen LogP contribution in [0.1, 0.15) is 27.5 Å². The second kappa shape index (κ2) is 10.1. The van der Waals surface area contributed by atoms with E-state index in [1.54, 1.807) is 36.4 Å². The first-order valence-electron chi connectivity index (χ1n) is 9.68. The summed E-state index contributed by atoms with van der Waals surface area (Å²) in [6, 6.07) is 20.1. The summed E-state index contributed by atoms with van der Waals surface area (Å²) in [7, 11) is -3.75. The monoisotopic (exact) mass is 454 g/mol. The fraction of sp³-hybridized carbons (Fsp3) is 0.136.